The Morgan fingerprint density at radius 3 is 3.00 bits per heavy atom. The summed E-state index contributed by atoms with van der Waals surface area (Å²) in [6.45, 7) is 0.723. The first-order chi connectivity index (χ1) is 6.92. The second kappa shape index (κ2) is 4.15. The zero-order valence-electron chi connectivity index (χ0n) is 7.86. The molecule has 3 heteroatoms. The van der Waals surface area contributed by atoms with E-state index in [0.717, 1.165) is 16.7 Å². The van der Waals surface area contributed by atoms with Crippen molar-refractivity contribution in [3.63, 3.8) is 0 Å². The number of hydrogen-bond donors (Lipinski definition) is 2. The van der Waals surface area contributed by atoms with E-state index < -0.39 is 0 Å². The Kier molecular flexibility index (Phi) is 2.70. The number of benzene rings is 1. The van der Waals surface area contributed by atoms with E-state index in [0.29, 0.717) is 13.0 Å². The first-order valence-electron chi connectivity index (χ1n) is 4.71. The number of aromatic nitrogens is 1. The van der Waals surface area contributed by atoms with Crippen molar-refractivity contribution in [3.8, 4) is 5.75 Å². The number of para-hydroxylation sites is 1. The number of hydrogen-bond acceptors (Lipinski definition) is 2. The summed E-state index contributed by atoms with van der Waals surface area (Å²) in [7, 11) is 0. The second-order valence-electron chi connectivity index (χ2n) is 3.12. The summed E-state index contributed by atoms with van der Waals surface area (Å²) in [6.07, 6.45) is 2.52. The number of ether oxygens (including phenoxy) is 1. The third-order valence-corrected chi connectivity index (χ3v) is 2.11. The third-order valence-electron chi connectivity index (χ3n) is 2.11. The highest BCUT2D eigenvalue weighted by Crippen LogP contribution is 2.24. The standard InChI is InChI=1S/C11H13NO2/c13-6-3-7-14-11-8-12-10-5-2-1-4-9(10)11/h1-2,4-5,8,12-13H,3,6-7H2. The monoisotopic (exact) mass is 191 g/mol. The van der Waals surface area contributed by atoms with Crippen LogP contribution in [0.1, 0.15) is 6.42 Å². The summed E-state index contributed by atoms with van der Waals surface area (Å²) in [5.74, 6) is 0.856. The van der Waals surface area contributed by atoms with E-state index in [1.807, 2.05) is 30.5 Å². The van der Waals surface area contributed by atoms with Gasteiger partial charge < -0.3 is 14.8 Å². The normalized spacial score (nSPS) is 10.6. The smallest absolute Gasteiger partial charge is 0.144 e. The van der Waals surface area contributed by atoms with Crippen LogP contribution in [0.25, 0.3) is 10.9 Å². The van der Waals surface area contributed by atoms with E-state index in [9.17, 15) is 0 Å². The Labute approximate surface area is 82.3 Å². The molecule has 3 nitrogen and oxygen atoms in total. The van der Waals surface area contributed by atoms with Crippen LogP contribution in [0.15, 0.2) is 30.5 Å². The number of rotatable bonds is 4. The highest BCUT2D eigenvalue weighted by Gasteiger charge is 2.02. The van der Waals surface area contributed by atoms with Crippen molar-refractivity contribution in [1.29, 1.82) is 0 Å². The number of fused-ring (bicyclic) bond motifs is 1. The topological polar surface area (TPSA) is 45.2 Å². The molecule has 0 aliphatic rings. The van der Waals surface area contributed by atoms with Crippen LogP contribution in [0, 0.1) is 0 Å². The summed E-state index contributed by atoms with van der Waals surface area (Å²) in [4.78, 5) is 3.13. The van der Waals surface area contributed by atoms with Gasteiger partial charge in [-0.05, 0) is 12.1 Å². The molecule has 0 unspecified atom stereocenters. The van der Waals surface area contributed by atoms with Crippen molar-refractivity contribution in [2.75, 3.05) is 13.2 Å². The van der Waals surface area contributed by atoms with Gasteiger partial charge in [-0.15, -0.1) is 0 Å². The fourth-order valence-corrected chi connectivity index (χ4v) is 1.41. The molecule has 0 saturated carbocycles. The molecule has 2 aromatic rings. The Hall–Kier alpha value is -1.48. The number of H-pyrrole nitrogens is 1. The van der Waals surface area contributed by atoms with E-state index in [2.05, 4.69) is 4.98 Å². The molecule has 0 amide bonds. The minimum atomic E-state index is 0.169. The molecule has 1 aromatic heterocycles. The molecule has 0 spiro atoms. The lowest BCUT2D eigenvalue weighted by Gasteiger charge is -2.02. The molecule has 14 heavy (non-hydrogen) atoms. The van der Waals surface area contributed by atoms with Crippen LogP contribution in [0.4, 0.5) is 0 Å². The second-order valence-corrected chi connectivity index (χ2v) is 3.12. The molecular formula is C11H13NO2. The Bertz CT molecular complexity index is 408. The van der Waals surface area contributed by atoms with Crippen LogP contribution in [0.5, 0.6) is 5.75 Å². The van der Waals surface area contributed by atoms with Crippen molar-refractivity contribution in [3.05, 3.63) is 30.5 Å². The molecule has 74 valence electrons. The molecule has 0 fully saturated rings. The molecule has 2 N–H and O–H groups in total. The lowest BCUT2D eigenvalue weighted by molar-refractivity contribution is 0.235. The summed E-state index contributed by atoms with van der Waals surface area (Å²) >= 11 is 0. The van der Waals surface area contributed by atoms with Gasteiger partial charge in [0.15, 0.2) is 0 Å². The van der Waals surface area contributed by atoms with Crippen LogP contribution in [-0.2, 0) is 0 Å². The van der Waals surface area contributed by atoms with E-state index in [-0.39, 0.29) is 6.61 Å². The van der Waals surface area contributed by atoms with Crippen molar-refractivity contribution < 1.29 is 9.84 Å². The fraction of sp³-hybridized carbons (Fsp3) is 0.273. The van der Waals surface area contributed by atoms with E-state index in [4.69, 9.17) is 9.84 Å². The van der Waals surface area contributed by atoms with Crippen LogP contribution in [0.3, 0.4) is 0 Å². The highest BCUT2D eigenvalue weighted by molar-refractivity contribution is 5.85. The average molecular weight is 191 g/mol. The van der Waals surface area contributed by atoms with Crippen molar-refractivity contribution in [2.24, 2.45) is 0 Å². The first kappa shape index (κ1) is 9.09. The lowest BCUT2D eigenvalue weighted by Crippen LogP contribution is -1.98. The van der Waals surface area contributed by atoms with Crippen molar-refractivity contribution in [1.82, 2.24) is 4.98 Å². The molecular weight excluding hydrogens is 178 g/mol. The molecule has 2 rings (SSSR count). The summed E-state index contributed by atoms with van der Waals surface area (Å²) in [6, 6.07) is 7.99. The van der Waals surface area contributed by atoms with Gasteiger partial charge in [0, 0.05) is 30.1 Å². The van der Waals surface area contributed by atoms with Gasteiger partial charge in [0.25, 0.3) is 0 Å². The average Bonchev–Trinajstić information content (AvgIpc) is 2.63. The minimum Gasteiger partial charge on any atom is -0.491 e. The predicted octanol–water partition coefficient (Wildman–Crippen LogP) is 1.93. The zero-order chi connectivity index (χ0) is 9.80. The van der Waals surface area contributed by atoms with E-state index >= 15 is 0 Å². The lowest BCUT2D eigenvalue weighted by atomic mass is 10.2. The van der Waals surface area contributed by atoms with Gasteiger partial charge in [-0.2, -0.15) is 0 Å². The Morgan fingerprint density at radius 1 is 1.29 bits per heavy atom. The van der Waals surface area contributed by atoms with E-state index in [1.54, 1.807) is 0 Å². The largest absolute Gasteiger partial charge is 0.491 e. The molecule has 0 bridgehead atoms. The van der Waals surface area contributed by atoms with Gasteiger partial charge in [0.05, 0.1) is 6.61 Å². The van der Waals surface area contributed by atoms with Crippen molar-refractivity contribution in [2.45, 2.75) is 6.42 Å². The Balaban J connectivity index is 2.17. The molecule has 0 aliphatic carbocycles. The molecule has 0 atom stereocenters. The van der Waals surface area contributed by atoms with Crippen LogP contribution >= 0.6 is 0 Å². The van der Waals surface area contributed by atoms with Gasteiger partial charge in [-0.25, -0.2) is 0 Å². The summed E-state index contributed by atoms with van der Waals surface area (Å²) in [5, 5.41) is 9.71. The first-order valence-corrected chi connectivity index (χ1v) is 4.71. The maximum absolute atomic E-state index is 8.62. The minimum absolute atomic E-state index is 0.169. The van der Waals surface area contributed by atoms with Crippen LogP contribution in [-0.4, -0.2) is 23.3 Å². The molecule has 0 aliphatic heterocycles. The molecule has 0 radical (unpaired) electrons. The van der Waals surface area contributed by atoms with Gasteiger partial charge in [0.2, 0.25) is 0 Å². The van der Waals surface area contributed by atoms with Crippen LogP contribution in [0.2, 0.25) is 0 Å². The van der Waals surface area contributed by atoms with Gasteiger partial charge in [-0.1, -0.05) is 12.1 Å². The number of nitrogens with one attached hydrogen (secondary N) is 1. The molecule has 1 heterocycles. The summed E-state index contributed by atoms with van der Waals surface area (Å²) < 4.78 is 5.51. The van der Waals surface area contributed by atoms with Crippen LogP contribution < -0.4 is 4.74 Å². The molecule has 0 saturated heterocycles. The zero-order valence-corrected chi connectivity index (χ0v) is 7.86. The van der Waals surface area contributed by atoms with Gasteiger partial charge >= 0.3 is 0 Å². The predicted molar refractivity (Wildman–Crippen MR) is 55.5 cm³/mol. The van der Waals surface area contributed by atoms with E-state index in [1.165, 1.54) is 0 Å². The number of aliphatic hydroxyl groups excluding tert-OH is 1. The maximum Gasteiger partial charge on any atom is 0.144 e. The third kappa shape index (κ3) is 1.72. The quantitative estimate of drug-likeness (QED) is 0.725. The summed E-state index contributed by atoms with van der Waals surface area (Å²) in [5.41, 5.74) is 1.08. The maximum atomic E-state index is 8.62. The fourth-order valence-electron chi connectivity index (χ4n) is 1.41. The van der Waals surface area contributed by atoms with Crippen molar-refractivity contribution >= 4 is 10.9 Å². The van der Waals surface area contributed by atoms with Gasteiger partial charge in [-0.3, -0.25) is 0 Å². The SMILES string of the molecule is OCCCOc1c[nH]c2ccccc12. The molecule has 1 aromatic carbocycles. The van der Waals surface area contributed by atoms with Gasteiger partial charge in [0.1, 0.15) is 5.75 Å². The highest BCUT2D eigenvalue weighted by atomic mass is 16.5. The number of aromatic amines is 1. The number of aliphatic hydroxyl groups is 1. The Morgan fingerprint density at radius 2 is 2.14 bits per heavy atom.